The Balaban J connectivity index is 1.98. The molecule has 0 unspecified atom stereocenters. The largest absolute Gasteiger partial charge is 0.493 e. The number of rotatable bonds is 5. The van der Waals surface area contributed by atoms with Gasteiger partial charge in [0.15, 0.2) is 16.3 Å². The zero-order chi connectivity index (χ0) is 23.0. The number of hydrogen-bond acceptors (Lipinski definition) is 8. The molecule has 166 valence electrons. The predicted molar refractivity (Wildman–Crippen MR) is 119 cm³/mol. The lowest BCUT2D eigenvalue weighted by molar-refractivity contribution is -0.136. The molecule has 0 fully saturated rings. The molecule has 8 nitrogen and oxygen atoms in total. The Morgan fingerprint density at radius 3 is 2.50 bits per heavy atom. The molecule has 4 rings (SSSR count). The Morgan fingerprint density at radius 2 is 1.88 bits per heavy atom. The molecule has 1 aliphatic heterocycles. The van der Waals surface area contributed by atoms with E-state index in [4.69, 9.17) is 18.6 Å². The fraction of sp³-hybridized carbons (Fsp3) is 0.261. The van der Waals surface area contributed by atoms with E-state index >= 15 is 0 Å². The molecule has 1 aromatic carbocycles. The molecule has 0 amide bonds. The van der Waals surface area contributed by atoms with Crippen LogP contribution in [0.4, 0.5) is 0 Å². The van der Waals surface area contributed by atoms with E-state index in [1.807, 2.05) is 13.0 Å². The number of thiazole rings is 1. The van der Waals surface area contributed by atoms with Crippen LogP contribution < -0.4 is 24.4 Å². The van der Waals surface area contributed by atoms with Crippen LogP contribution in [0.1, 0.15) is 30.0 Å². The molecule has 9 heteroatoms. The van der Waals surface area contributed by atoms with Gasteiger partial charge in [0.2, 0.25) is 0 Å². The van der Waals surface area contributed by atoms with Crippen LogP contribution in [-0.4, -0.2) is 31.9 Å². The highest BCUT2D eigenvalue weighted by Gasteiger charge is 2.33. The van der Waals surface area contributed by atoms with Crippen molar-refractivity contribution < 1.29 is 23.4 Å². The number of ether oxygens (including phenoxy) is 3. The molecule has 0 spiro atoms. The number of benzene rings is 1. The molecule has 3 aromatic rings. The molecule has 0 saturated carbocycles. The Bertz CT molecular complexity index is 1410. The van der Waals surface area contributed by atoms with E-state index < -0.39 is 12.0 Å². The summed E-state index contributed by atoms with van der Waals surface area (Å²) in [7, 11) is 4.38. The minimum atomic E-state index is -0.737. The van der Waals surface area contributed by atoms with Gasteiger partial charge in [0.1, 0.15) is 11.5 Å². The molecule has 32 heavy (non-hydrogen) atoms. The van der Waals surface area contributed by atoms with Crippen LogP contribution in [0.3, 0.4) is 0 Å². The first-order valence-electron chi connectivity index (χ1n) is 9.77. The van der Waals surface area contributed by atoms with Crippen LogP contribution >= 0.6 is 11.3 Å². The van der Waals surface area contributed by atoms with Crippen molar-refractivity contribution >= 4 is 23.4 Å². The Labute approximate surface area is 187 Å². The summed E-state index contributed by atoms with van der Waals surface area (Å²) in [6, 6.07) is 8.16. The highest BCUT2D eigenvalue weighted by Crippen LogP contribution is 2.35. The first-order valence-corrected chi connectivity index (χ1v) is 10.6. The van der Waals surface area contributed by atoms with Crippen LogP contribution in [0.25, 0.3) is 6.08 Å². The summed E-state index contributed by atoms with van der Waals surface area (Å²) in [4.78, 5) is 31.2. The van der Waals surface area contributed by atoms with E-state index in [1.54, 1.807) is 44.4 Å². The zero-order valence-electron chi connectivity index (χ0n) is 18.3. The molecular formula is C23H22N2O6S. The molecule has 0 radical (unpaired) electrons. The Morgan fingerprint density at radius 1 is 1.12 bits per heavy atom. The average molecular weight is 455 g/mol. The third kappa shape index (κ3) is 3.64. The van der Waals surface area contributed by atoms with Gasteiger partial charge >= 0.3 is 5.97 Å². The summed E-state index contributed by atoms with van der Waals surface area (Å²) < 4.78 is 23.3. The zero-order valence-corrected chi connectivity index (χ0v) is 19.1. The molecule has 0 saturated heterocycles. The second kappa shape index (κ2) is 8.51. The molecule has 2 aromatic heterocycles. The van der Waals surface area contributed by atoms with Gasteiger partial charge < -0.3 is 18.6 Å². The van der Waals surface area contributed by atoms with Gasteiger partial charge in [0.05, 0.1) is 43.2 Å². The van der Waals surface area contributed by atoms with Crippen LogP contribution in [0.2, 0.25) is 0 Å². The van der Waals surface area contributed by atoms with E-state index in [2.05, 4.69) is 4.99 Å². The standard InChI is InChI=1S/C23H22N2O6S/c1-12-6-8-15(31-12)11-18-21(26)25-20(14-7-9-16(28-3)17(10-14)29-4)19(22(27)30-5)13(2)24-23(25)32-18/h6-11,20H,1-5H3/b18-11-/t20-/m0/s1. The number of furan rings is 1. The lowest BCUT2D eigenvalue weighted by Crippen LogP contribution is -2.39. The van der Waals surface area contributed by atoms with Crippen molar-refractivity contribution in [2.24, 2.45) is 4.99 Å². The molecule has 0 N–H and O–H groups in total. The first-order chi connectivity index (χ1) is 15.4. The normalized spacial score (nSPS) is 15.9. The van der Waals surface area contributed by atoms with E-state index in [-0.39, 0.29) is 11.1 Å². The van der Waals surface area contributed by atoms with Gasteiger partial charge in [-0.1, -0.05) is 17.4 Å². The molecule has 3 heterocycles. The summed E-state index contributed by atoms with van der Waals surface area (Å²) >= 11 is 1.23. The van der Waals surface area contributed by atoms with Gasteiger partial charge in [-0.05, 0) is 43.7 Å². The number of carbonyl (C=O) groups excluding carboxylic acids is 1. The van der Waals surface area contributed by atoms with Crippen molar-refractivity contribution in [3.05, 3.63) is 78.4 Å². The fourth-order valence-corrected chi connectivity index (χ4v) is 4.72. The minimum absolute atomic E-state index is 0.281. The summed E-state index contributed by atoms with van der Waals surface area (Å²) in [5, 5.41) is 0. The van der Waals surface area contributed by atoms with Crippen LogP contribution in [0.15, 0.2) is 55.8 Å². The number of nitrogens with zero attached hydrogens (tertiary/aromatic N) is 2. The van der Waals surface area contributed by atoms with Crippen molar-refractivity contribution in [3.8, 4) is 11.5 Å². The van der Waals surface area contributed by atoms with Crippen LogP contribution in [-0.2, 0) is 9.53 Å². The molecule has 1 aliphatic rings. The van der Waals surface area contributed by atoms with E-state index in [1.165, 1.54) is 30.1 Å². The van der Waals surface area contributed by atoms with Crippen molar-refractivity contribution in [2.75, 3.05) is 21.3 Å². The van der Waals surface area contributed by atoms with Crippen molar-refractivity contribution in [1.29, 1.82) is 0 Å². The topological polar surface area (TPSA) is 92.3 Å². The second-order valence-corrected chi connectivity index (χ2v) is 8.15. The molecular weight excluding hydrogens is 432 g/mol. The second-order valence-electron chi connectivity index (χ2n) is 7.14. The van der Waals surface area contributed by atoms with Crippen molar-refractivity contribution in [2.45, 2.75) is 19.9 Å². The van der Waals surface area contributed by atoms with E-state index in [9.17, 15) is 9.59 Å². The molecule has 0 aliphatic carbocycles. The number of methoxy groups -OCH3 is 3. The summed E-state index contributed by atoms with van der Waals surface area (Å²) in [6.45, 7) is 3.56. The smallest absolute Gasteiger partial charge is 0.338 e. The average Bonchev–Trinajstić information content (AvgIpc) is 3.34. The summed E-state index contributed by atoms with van der Waals surface area (Å²) in [5.74, 6) is 1.78. The minimum Gasteiger partial charge on any atom is -0.493 e. The molecule has 1 atom stereocenters. The van der Waals surface area contributed by atoms with Crippen molar-refractivity contribution in [3.63, 3.8) is 0 Å². The maximum absolute atomic E-state index is 13.5. The van der Waals surface area contributed by atoms with Gasteiger partial charge in [0, 0.05) is 6.08 Å². The monoisotopic (exact) mass is 454 g/mol. The summed E-state index contributed by atoms with van der Waals surface area (Å²) in [5.41, 5.74) is 1.15. The van der Waals surface area contributed by atoms with Crippen LogP contribution in [0.5, 0.6) is 11.5 Å². The fourth-order valence-electron chi connectivity index (χ4n) is 3.69. The number of esters is 1. The van der Waals surface area contributed by atoms with Gasteiger partial charge in [-0.2, -0.15) is 0 Å². The first kappa shape index (κ1) is 21.6. The predicted octanol–water partition coefficient (Wildman–Crippen LogP) is 2.33. The Hall–Kier alpha value is -3.59. The quantitative estimate of drug-likeness (QED) is 0.550. The number of aryl methyl sites for hydroxylation is 1. The lowest BCUT2D eigenvalue weighted by atomic mass is 9.95. The van der Waals surface area contributed by atoms with Gasteiger partial charge in [0.25, 0.3) is 5.56 Å². The van der Waals surface area contributed by atoms with Gasteiger partial charge in [-0.15, -0.1) is 0 Å². The lowest BCUT2D eigenvalue weighted by Gasteiger charge is -2.25. The summed E-state index contributed by atoms with van der Waals surface area (Å²) in [6.07, 6.45) is 1.68. The number of allylic oxidation sites excluding steroid dienone is 1. The van der Waals surface area contributed by atoms with Gasteiger partial charge in [-0.3, -0.25) is 9.36 Å². The SMILES string of the molecule is COC(=O)C1=C(C)N=c2s/c(=C\c3ccc(C)o3)c(=O)n2[C@H]1c1ccc(OC)c(OC)c1. The van der Waals surface area contributed by atoms with E-state index in [0.717, 1.165) is 5.76 Å². The highest BCUT2D eigenvalue weighted by atomic mass is 32.1. The van der Waals surface area contributed by atoms with Crippen LogP contribution in [0, 0.1) is 6.92 Å². The number of aromatic nitrogens is 1. The number of hydrogen-bond donors (Lipinski definition) is 0. The molecule has 0 bridgehead atoms. The third-order valence-corrected chi connectivity index (χ3v) is 6.17. The highest BCUT2D eigenvalue weighted by molar-refractivity contribution is 7.07. The maximum Gasteiger partial charge on any atom is 0.338 e. The number of fused-ring (bicyclic) bond motifs is 1. The Kier molecular flexibility index (Phi) is 5.75. The van der Waals surface area contributed by atoms with E-state index in [0.29, 0.717) is 37.9 Å². The van der Waals surface area contributed by atoms with Gasteiger partial charge in [-0.25, -0.2) is 9.79 Å². The maximum atomic E-state index is 13.5. The number of carbonyl (C=O) groups is 1. The van der Waals surface area contributed by atoms with Crippen molar-refractivity contribution in [1.82, 2.24) is 4.57 Å². The third-order valence-electron chi connectivity index (χ3n) is 5.18.